The van der Waals surface area contributed by atoms with Gasteiger partial charge in [0, 0.05) is 37.6 Å². The van der Waals surface area contributed by atoms with Crippen LogP contribution in [0.15, 0.2) is 72.8 Å². The van der Waals surface area contributed by atoms with Crippen molar-refractivity contribution in [1.29, 1.82) is 10.5 Å². The zero-order valence-electron chi connectivity index (χ0n) is 27.4. The predicted molar refractivity (Wildman–Crippen MR) is 190 cm³/mol. The highest BCUT2D eigenvalue weighted by Gasteiger charge is 2.09. The summed E-state index contributed by atoms with van der Waals surface area (Å²) < 4.78 is 0. The second kappa shape index (κ2) is 19.1. The van der Waals surface area contributed by atoms with Crippen molar-refractivity contribution in [3.8, 4) is 12.1 Å². The van der Waals surface area contributed by atoms with E-state index in [2.05, 4.69) is 98.2 Å². The summed E-state index contributed by atoms with van der Waals surface area (Å²) in [6.07, 6.45) is 13.4. The minimum absolute atomic E-state index is 0.604. The molecule has 44 heavy (non-hydrogen) atoms. The van der Waals surface area contributed by atoms with Gasteiger partial charge in [-0.15, -0.1) is 0 Å². The Morgan fingerprint density at radius 2 is 0.795 bits per heavy atom. The molecule has 0 bridgehead atoms. The summed E-state index contributed by atoms with van der Waals surface area (Å²) in [6, 6.07) is 29.5. The van der Waals surface area contributed by atoms with Gasteiger partial charge in [-0.25, -0.2) is 0 Å². The van der Waals surface area contributed by atoms with Crippen molar-refractivity contribution in [1.82, 2.24) is 0 Å². The molecule has 0 N–H and O–H groups in total. The van der Waals surface area contributed by atoms with E-state index in [9.17, 15) is 10.5 Å². The molecule has 0 amide bonds. The van der Waals surface area contributed by atoms with Gasteiger partial charge in [-0.05, 0) is 84.4 Å². The van der Waals surface area contributed by atoms with Gasteiger partial charge in [-0.1, -0.05) is 102 Å². The highest BCUT2D eigenvalue weighted by atomic mass is 15.1. The van der Waals surface area contributed by atoms with Gasteiger partial charge in [0.2, 0.25) is 0 Å². The largest absolute Gasteiger partial charge is 0.372 e. The minimum atomic E-state index is 0.604. The Morgan fingerprint density at radius 1 is 0.500 bits per heavy atom. The van der Waals surface area contributed by atoms with Crippen LogP contribution in [-0.4, -0.2) is 26.2 Å². The Labute approximate surface area is 266 Å². The molecule has 3 aromatic carbocycles. The van der Waals surface area contributed by atoms with E-state index in [-0.39, 0.29) is 0 Å². The lowest BCUT2D eigenvalue weighted by Gasteiger charge is -2.24. The average molecular weight is 587 g/mol. The zero-order valence-corrected chi connectivity index (χ0v) is 27.4. The highest BCUT2D eigenvalue weighted by molar-refractivity contribution is 5.92. The van der Waals surface area contributed by atoms with E-state index in [1.807, 2.05) is 36.4 Å². The standard InChI is InChI=1S/C40H50N4/c1-5-9-25-43(26-10-6-2)39-21-13-33(14-22-39)29-37(31-41)35-17-19-36(20-18-35)38(32-42)30-34-15-23-40(24-16-34)44(27-11-7-3)28-12-8-4/h13-24,29-30H,5-12,25-28H2,1-4H3. The maximum atomic E-state index is 9.96. The average Bonchev–Trinajstić information content (AvgIpc) is 3.07. The number of unbranched alkanes of at least 4 members (excludes halogenated alkanes) is 4. The van der Waals surface area contributed by atoms with Crippen LogP contribution in [0, 0.1) is 22.7 Å². The lowest BCUT2D eigenvalue weighted by Crippen LogP contribution is -2.25. The van der Waals surface area contributed by atoms with Crippen LogP contribution in [0.1, 0.15) is 101 Å². The van der Waals surface area contributed by atoms with Crippen LogP contribution in [0.3, 0.4) is 0 Å². The van der Waals surface area contributed by atoms with E-state index < -0.39 is 0 Å². The fourth-order valence-corrected chi connectivity index (χ4v) is 5.22. The molecule has 4 nitrogen and oxygen atoms in total. The molecule has 0 unspecified atom stereocenters. The number of hydrogen-bond donors (Lipinski definition) is 0. The summed E-state index contributed by atoms with van der Waals surface area (Å²) in [4.78, 5) is 4.93. The van der Waals surface area contributed by atoms with Gasteiger partial charge in [0.25, 0.3) is 0 Å². The second-order valence-corrected chi connectivity index (χ2v) is 11.5. The predicted octanol–water partition coefficient (Wildman–Crippen LogP) is 10.6. The van der Waals surface area contributed by atoms with Gasteiger partial charge >= 0.3 is 0 Å². The fraction of sp³-hybridized carbons (Fsp3) is 0.400. The first kappa shape index (κ1) is 34.2. The van der Waals surface area contributed by atoms with Crippen molar-refractivity contribution >= 4 is 34.7 Å². The normalized spacial score (nSPS) is 11.6. The van der Waals surface area contributed by atoms with Crippen molar-refractivity contribution < 1.29 is 0 Å². The third kappa shape index (κ3) is 10.5. The van der Waals surface area contributed by atoms with Crippen LogP contribution in [0.2, 0.25) is 0 Å². The smallest absolute Gasteiger partial charge is 0.0998 e. The molecule has 0 aliphatic carbocycles. The molecule has 0 spiro atoms. The molecule has 0 saturated heterocycles. The molecular weight excluding hydrogens is 536 g/mol. The number of hydrogen-bond acceptors (Lipinski definition) is 4. The summed E-state index contributed by atoms with van der Waals surface area (Å²) in [5.41, 5.74) is 7.38. The maximum absolute atomic E-state index is 9.96. The van der Waals surface area contributed by atoms with E-state index in [0.717, 1.165) is 48.4 Å². The Kier molecular flexibility index (Phi) is 14.8. The van der Waals surface area contributed by atoms with Crippen LogP contribution in [-0.2, 0) is 0 Å². The molecule has 4 heteroatoms. The van der Waals surface area contributed by atoms with E-state index in [4.69, 9.17) is 0 Å². The van der Waals surface area contributed by atoms with Crippen molar-refractivity contribution in [2.75, 3.05) is 36.0 Å². The lowest BCUT2D eigenvalue weighted by molar-refractivity contribution is 0.678. The number of benzene rings is 3. The Bertz CT molecular complexity index is 1270. The summed E-state index contributed by atoms with van der Waals surface area (Å²) in [6.45, 7) is 13.2. The second-order valence-electron chi connectivity index (χ2n) is 11.5. The van der Waals surface area contributed by atoms with Crippen LogP contribution < -0.4 is 9.80 Å². The molecular formula is C40H50N4. The van der Waals surface area contributed by atoms with Crippen molar-refractivity contribution in [3.63, 3.8) is 0 Å². The molecule has 0 aliphatic heterocycles. The molecule has 0 radical (unpaired) electrons. The molecule has 0 saturated carbocycles. The van der Waals surface area contributed by atoms with Gasteiger partial charge < -0.3 is 9.80 Å². The monoisotopic (exact) mass is 586 g/mol. The van der Waals surface area contributed by atoms with Crippen molar-refractivity contribution in [3.05, 3.63) is 95.1 Å². The third-order valence-corrected chi connectivity index (χ3v) is 8.01. The maximum Gasteiger partial charge on any atom is 0.0998 e. The Balaban J connectivity index is 1.75. The minimum Gasteiger partial charge on any atom is -0.372 e. The number of nitriles is 2. The Morgan fingerprint density at radius 3 is 1.05 bits per heavy atom. The molecule has 0 aliphatic rings. The quantitative estimate of drug-likeness (QED) is 0.110. The molecule has 230 valence electrons. The molecule has 0 atom stereocenters. The van der Waals surface area contributed by atoms with Crippen LogP contribution >= 0.6 is 0 Å². The first-order valence-corrected chi connectivity index (χ1v) is 16.6. The number of allylic oxidation sites excluding steroid dienone is 2. The topological polar surface area (TPSA) is 54.1 Å². The summed E-state index contributed by atoms with van der Waals surface area (Å²) >= 11 is 0. The van der Waals surface area contributed by atoms with Crippen LogP contribution in [0.25, 0.3) is 23.3 Å². The van der Waals surface area contributed by atoms with Crippen LogP contribution in [0.5, 0.6) is 0 Å². The van der Waals surface area contributed by atoms with Gasteiger partial charge in [0.05, 0.1) is 23.3 Å². The molecule has 0 heterocycles. The fourth-order valence-electron chi connectivity index (χ4n) is 5.22. The van der Waals surface area contributed by atoms with Gasteiger partial charge in [-0.3, -0.25) is 0 Å². The van der Waals surface area contributed by atoms with Gasteiger partial charge in [0.15, 0.2) is 0 Å². The summed E-state index contributed by atoms with van der Waals surface area (Å²) in [7, 11) is 0. The van der Waals surface area contributed by atoms with Gasteiger partial charge in [-0.2, -0.15) is 10.5 Å². The molecule has 3 aromatic rings. The number of nitrogens with zero attached hydrogens (tertiary/aromatic N) is 4. The lowest BCUT2D eigenvalue weighted by atomic mass is 9.98. The van der Waals surface area contributed by atoms with Gasteiger partial charge in [0.1, 0.15) is 0 Å². The van der Waals surface area contributed by atoms with Crippen molar-refractivity contribution in [2.45, 2.75) is 79.1 Å². The van der Waals surface area contributed by atoms with E-state index in [1.54, 1.807) is 0 Å². The molecule has 0 aromatic heterocycles. The van der Waals surface area contributed by atoms with E-state index in [1.165, 1.54) is 62.7 Å². The van der Waals surface area contributed by atoms with Crippen molar-refractivity contribution in [2.24, 2.45) is 0 Å². The molecule has 3 rings (SSSR count). The number of anilines is 2. The summed E-state index contributed by atoms with van der Waals surface area (Å²) in [5.74, 6) is 0. The van der Waals surface area contributed by atoms with E-state index >= 15 is 0 Å². The third-order valence-electron chi connectivity index (χ3n) is 8.01. The van der Waals surface area contributed by atoms with E-state index in [0.29, 0.717) is 11.1 Å². The first-order chi connectivity index (χ1) is 21.6. The zero-order chi connectivity index (χ0) is 31.6. The first-order valence-electron chi connectivity index (χ1n) is 16.6. The Hall–Kier alpha value is -4.28. The number of rotatable bonds is 18. The SMILES string of the molecule is CCCCN(CCCC)c1ccc(C=C(C#N)c2ccc(C(C#N)=Cc3ccc(N(CCCC)CCCC)cc3)cc2)cc1. The van der Waals surface area contributed by atoms with Crippen LogP contribution in [0.4, 0.5) is 11.4 Å². The summed E-state index contributed by atoms with van der Waals surface area (Å²) in [5, 5.41) is 19.9. The molecule has 0 fully saturated rings. The highest BCUT2D eigenvalue weighted by Crippen LogP contribution is 2.25.